The van der Waals surface area contributed by atoms with Gasteiger partial charge in [-0.15, -0.1) is 0 Å². The number of fused-ring (bicyclic) bond motifs is 1. The van der Waals surface area contributed by atoms with Crippen LogP contribution >= 0.6 is 0 Å². The normalized spacial score (nSPS) is 20.4. The molecule has 1 fully saturated rings. The molecule has 1 aliphatic heterocycles. The van der Waals surface area contributed by atoms with Crippen LogP contribution in [0.5, 0.6) is 0 Å². The van der Waals surface area contributed by atoms with Crippen molar-refractivity contribution in [1.29, 1.82) is 0 Å². The monoisotopic (exact) mass is 423 g/mol. The lowest BCUT2D eigenvalue weighted by Gasteiger charge is -2.33. The Morgan fingerprint density at radius 1 is 1.06 bits per heavy atom. The van der Waals surface area contributed by atoms with Crippen molar-refractivity contribution in [3.8, 4) is 0 Å². The van der Waals surface area contributed by atoms with Crippen LogP contribution in [0, 0.1) is 5.82 Å². The summed E-state index contributed by atoms with van der Waals surface area (Å²) >= 11 is 0. The van der Waals surface area contributed by atoms with Gasteiger partial charge in [-0.3, -0.25) is 9.69 Å². The zero-order valence-electron chi connectivity index (χ0n) is 18.1. The summed E-state index contributed by atoms with van der Waals surface area (Å²) in [5.41, 5.74) is 2.52. The van der Waals surface area contributed by atoms with Crippen LogP contribution < -0.4 is 5.32 Å². The number of halogens is 1. The van der Waals surface area contributed by atoms with E-state index in [1.54, 1.807) is 12.1 Å². The second-order valence-corrected chi connectivity index (χ2v) is 8.72. The van der Waals surface area contributed by atoms with E-state index in [0.717, 1.165) is 43.4 Å². The number of unbranched alkanes of at least 4 members (excludes halogenated alkanes) is 2. The van der Waals surface area contributed by atoms with Gasteiger partial charge in [0.2, 0.25) is 0 Å². The number of aryl methyl sites for hydroxylation is 1. The Labute approximate surface area is 183 Å². The van der Waals surface area contributed by atoms with Gasteiger partial charge in [0, 0.05) is 19.5 Å². The second-order valence-electron chi connectivity index (χ2n) is 8.72. The smallest absolute Gasteiger partial charge is 0.323 e. The van der Waals surface area contributed by atoms with Gasteiger partial charge in [0.25, 0.3) is 5.91 Å². The summed E-state index contributed by atoms with van der Waals surface area (Å²) in [5, 5.41) is 3.02. The van der Waals surface area contributed by atoms with Gasteiger partial charge < -0.3 is 5.32 Å². The highest BCUT2D eigenvalue weighted by atomic mass is 19.1. The predicted octanol–water partition coefficient (Wildman–Crippen LogP) is 4.25. The Morgan fingerprint density at radius 3 is 2.55 bits per heavy atom. The molecule has 3 amide bonds. The number of hydrogen-bond donors (Lipinski definition) is 1. The lowest BCUT2D eigenvalue weighted by atomic mass is 9.78. The molecular formula is C25H30FN3O2. The number of amides is 3. The van der Waals surface area contributed by atoms with Crippen LogP contribution in [-0.4, -0.2) is 40.5 Å². The van der Waals surface area contributed by atoms with Gasteiger partial charge in [-0.25, -0.2) is 14.1 Å². The van der Waals surface area contributed by atoms with Crippen molar-refractivity contribution in [3.05, 3.63) is 71.0 Å². The third kappa shape index (κ3) is 4.64. The first-order valence-corrected chi connectivity index (χ1v) is 11.2. The molecule has 0 aromatic heterocycles. The molecule has 1 heterocycles. The van der Waals surface area contributed by atoms with Gasteiger partial charge in [-0.2, -0.15) is 0 Å². The average Bonchev–Trinajstić information content (AvgIpc) is 2.99. The third-order valence-corrected chi connectivity index (χ3v) is 6.42. The van der Waals surface area contributed by atoms with Crippen LogP contribution in [0.4, 0.5) is 9.18 Å². The van der Waals surface area contributed by atoms with Crippen LogP contribution in [0.1, 0.15) is 49.3 Å². The number of benzene rings is 2. The molecule has 2 aromatic carbocycles. The van der Waals surface area contributed by atoms with Crippen LogP contribution in [0.3, 0.4) is 0 Å². The number of carbonyl (C=O) groups excluding carboxylic acids is 2. The Hall–Kier alpha value is -2.73. The predicted molar refractivity (Wildman–Crippen MR) is 118 cm³/mol. The number of hydrogen-bond acceptors (Lipinski definition) is 3. The van der Waals surface area contributed by atoms with Crippen LogP contribution in [0.2, 0.25) is 0 Å². The molecule has 2 aliphatic rings. The summed E-state index contributed by atoms with van der Waals surface area (Å²) < 4.78 is 13.3. The molecule has 1 unspecified atom stereocenters. The Bertz CT molecular complexity index is 946. The summed E-state index contributed by atoms with van der Waals surface area (Å²) in [7, 11) is 0. The van der Waals surface area contributed by atoms with Gasteiger partial charge in [-0.1, -0.05) is 56.2 Å². The van der Waals surface area contributed by atoms with Crippen molar-refractivity contribution in [3.63, 3.8) is 0 Å². The molecule has 31 heavy (non-hydrogen) atoms. The largest absolute Gasteiger partial charge is 0.326 e. The lowest BCUT2D eigenvalue weighted by Crippen LogP contribution is -2.51. The number of urea groups is 1. The number of nitrogens with one attached hydrogen (secondary N) is 1. The second kappa shape index (κ2) is 9.18. The van der Waals surface area contributed by atoms with Crippen molar-refractivity contribution < 1.29 is 14.0 Å². The maximum absolute atomic E-state index is 13.4. The molecular weight excluding hydrogens is 393 g/mol. The van der Waals surface area contributed by atoms with E-state index in [9.17, 15) is 14.0 Å². The third-order valence-electron chi connectivity index (χ3n) is 6.42. The van der Waals surface area contributed by atoms with Gasteiger partial charge >= 0.3 is 6.03 Å². The fourth-order valence-corrected chi connectivity index (χ4v) is 4.66. The fourth-order valence-electron chi connectivity index (χ4n) is 4.66. The SMILES string of the molecule is CCCCCN(Cc1ccc(F)cc1)CN1C(=O)NC2(CCc3ccccc3C2)C1=O. The first-order chi connectivity index (χ1) is 15.0. The molecule has 0 saturated carbocycles. The molecule has 6 heteroatoms. The molecule has 1 aliphatic carbocycles. The quantitative estimate of drug-likeness (QED) is 0.510. The topological polar surface area (TPSA) is 52.6 Å². The van der Waals surface area contributed by atoms with E-state index in [4.69, 9.17) is 0 Å². The number of carbonyl (C=O) groups is 2. The van der Waals surface area contributed by atoms with Gasteiger partial charge in [0.05, 0.1) is 6.67 Å². The van der Waals surface area contributed by atoms with Crippen molar-refractivity contribution >= 4 is 11.9 Å². The van der Waals surface area contributed by atoms with Gasteiger partial charge in [0.1, 0.15) is 11.4 Å². The maximum atomic E-state index is 13.4. The molecule has 5 nitrogen and oxygen atoms in total. The van der Waals surface area contributed by atoms with Crippen LogP contribution in [-0.2, 0) is 24.2 Å². The lowest BCUT2D eigenvalue weighted by molar-refractivity contribution is -0.133. The summed E-state index contributed by atoms with van der Waals surface area (Å²) in [6.45, 7) is 3.73. The Balaban J connectivity index is 1.49. The van der Waals surface area contributed by atoms with E-state index in [1.807, 2.05) is 18.2 Å². The van der Waals surface area contributed by atoms with Crippen LogP contribution in [0.25, 0.3) is 0 Å². The number of rotatable bonds is 8. The summed E-state index contributed by atoms with van der Waals surface area (Å²) in [4.78, 5) is 29.8. The van der Waals surface area contributed by atoms with Crippen molar-refractivity contribution in [1.82, 2.24) is 15.1 Å². The van der Waals surface area contributed by atoms with Crippen LogP contribution in [0.15, 0.2) is 48.5 Å². The maximum Gasteiger partial charge on any atom is 0.326 e. The molecule has 1 atom stereocenters. The first-order valence-electron chi connectivity index (χ1n) is 11.2. The fraction of sp³-hybridized carbons (Fsp3) is 0.440. The Morgan fingerprint density at radius 2 is 1.81 bits per heavy atom. The Kier molecular flexibility index (Phi) is 6.37. The first kappa shape index (κ1) is 21.5. The molecule has 1 N–H and O–H groups in total. The molecule has 1 saturated heterocycles. The number of nitrogens with zero attached hydrogens (tertiary/aromatic N) is 2. The average molecular weight is 424 g/mol. The molecule has 164 valence electrons. The highest BCUT2D eigenvalue weighted by Gasteiger charge is 2.52. The summed E-state index contributed by atoms with van der Waals surface area (Å²) in [6.07, 6.45) is 5.11. The van der Waals surface area contributed by atoms with Crippen molar-refractivity contribution in [2.45, 2.75) is 57.5 Å². The molecule has 1 spiro atoms. The minimum Gasteiger partial charge on any atom is -0.323 e. The summed E-state index contributed by atoms with van der Waals surface area (Å²) in [6, 6.07) is 14.2. The highest BCUT2D eigenvalue weighted by Crippen LogP contribution is 2.33. The van der Waals surface area contributed by atoms with E-state index in [2.05, 4.69) is 23.2 Å². The van der Waals surface area contributed by atoms with Gasteiger partial charge in [-0.05, 0) is 48.1 Å². The van der Waals surface area contributed by atoms with E-state index in [1.165, 1.54) is 22.6 Å². The molecule has 0 bridgehead atoms. The van der Waals surface area contributed by atoms with E-state index < -0.39 is 5.54 Å². The minimum absolute atomic E-state index is 0.133. The molecule has 2 aromatic rings. The highest BCUT2D eigenvalue weighted by molar-refractivity contribution is 6.07. The molecule has 0 radical (unpaired) electrons. The van der Waals surface area contributed by atoms with E-state index in [-0.39, 0.29) is 24.4 Å². The number of imide groups is 1. The van der Waals surface area contributed by atoms with E-state index in [0.29, 0.717) is 19.4 Å². The van der Waals surface area contributed by atoms with Gasteiger partial charge in [0.15, 0.2) is 0 Å². The summed E-state index contributed by atoms with van der Waals surface area (Å²) in [5.74, 6) is -0.401. The minimum atomic E-state index is -0.837. The van der Waals surface area contributed by atoms with Crippen molar-refractivity contribution in [2.75, 3.05) is 13.2 Å². The zero-order valence-corrected chi connectivity index (χ0v) is 18.1. The van der Waals surface area contributed by atoms with Crippen molar-refractivity contribution in [2.24, 2.45) is 0 Å². The zero-order chi connectivity index (χ0) is 21.8. The standard InChI is InChI=1S/C25H30FN3O2/c1-2-3-6-15-28(17-19-9-11-22(26)12-10-19)18-29-23(30)25(27-24(29)31)14-13-20-7-4-5-8-21(20)16-25/h4-5,7-12H,2-3,6,13-18H2,1H3,(H,27,31). The molecule has 4 rings (SSSR count). The van der Waals surface area contributed by atoms with E-state index >= 15 is 0 Å².